The van der Waals surface area contributed by atoms with Crippen LogP contribution in [0.4, 0.5) is 21.9 Å². The van der Waals surface area contributed by atoms with Gasteiger partial charge in [-0.25, -0.2) is 9.69 Å². The summed E-state index contributed by atoms with van der Waals surface area (Å²) in [6.45, 7) is 0. The first-order chi connectivity index (χ1) is 15.4. The largest absolute Gasteiger partial charge is 0.323 e. The Hall–Kier alpha value is -3.00. The van der Waals surface area contributed by atoms with Crippen molar-refractivity contribution in [3.63, 3.8) is 0 Å². The summed E-state index contributed by atoms with van der Waals surface area (Å²) in [4.78, 5) is 39.4. The molecular formula is C23H17Cl2N3O3S. The molecule has 3 aromatic rings. The number of imide groups is 1. The van der Waals surface area contributed by atoms with Crippen molar-refractivity contribution in [1.29, 1.82) is 0 Å². The summed E-state index contributed by atoms with van der Waals surface area (Å²) in [5.74, 6) is -0.593. The predicted octanol–water partition coefficient (Wildman–Crippen LogP) is 6.06. The van der Waals surface area contributed by atoms with Crippen LogP contribution in [0.2, 0.25) is 10.0 Å². The van der Waals surface area contributed by atoms with Crippen molar-refractivity contribution in [1.82, 2.24) is 0 Å². The first-order valence-corrected chi connectivity index (χ1v) is 11.3. The molecule has 4 amide bonds. The Morgan fingerprint density at radius 2 is 1.53 bits per heavy atom. The summed E-state index contributed by atoms with van der Waals surface area (Å²) < 4.78 is 0. The number of urea groups is 1. The van der Waals surface area contributed by atoms with Gasteiger partial charge in [-0.05, 0) is 54.6 Å². The number of benzene rings is 3. The van der Waals surface area contributed by atoms with E-state index in [1.807, 2.05) is 18.2 Å². The Morgan fingerprint density at radius 1 is 0.875 bits per heavy atom. The molecule has 0 unspecified atom stereocenters. The molecule has 1 atom stereocenters. The van der Waals surface area contributed by atoms with Gasteiger partial charge >= 0.3 is 6.03 Å². The molecule has 2 N–H and O–H groups in total. The number of thioether (sulfide) groups is 1. The summed E-state index contributed by atoms with van der Waals surface area (Å²) in [6.07, 6.45) is 0.0865. The van der Waals surface area contributed by atoms with E-state index in [0.717, 1.165) is 9.80 Å². The molecule has 1 heterocycles. The summed E-state index contributed by atoms with van der Waals surface area (Å²) >= 11 is 13.3. The molecule has 0 bridgehead atoms. The number of anilines is 3. The Balaban J connectivity index is 1.38. The molecular weight excluding hydrogens is 469 g/mol. The average Bonchev–Trinajstić information content (AvgIpc) is 3.05. The van der Waals surface area contributed by atoms with Crippen molar-refractivity contribution in [3.8, 4) is 0 Å². The fourth-order valence-electron chi connectivity index (χ4n) is 3.19. The molecule has 4 rings (SSSR count). The molecule has 1 aliphatic rings. The number of hydrogen-bond acceptors (Lipinski definition) is 4. The second-order valence-corrected chi connectivity index (χ2v) is 9.04. The zero-order chi connectivity index (χ0) is 22.7. The van der Waals surface area contributed by atoms with E-state index in [4.69, 9.17) is 23.2 Å². The number of hydrogen-bond donors (Lipinski definition) is 2. The van der Waals surface area contributed by atoms with Crippen LogP contribution >= 0.6 is 35.0 Å². The first kappa shape index (κ1) is 22.2. The van der Waals surface area contributed by atoms with E-state index in [1.54, 1.807) is 48.5 Å². The number of carbonyl (C=O) groups excluding carboxylic acids is 3. The Bertz CT molecular complexity index is 1170. The molecule has 9 heteroatoms. The molecule has 1 fully saturated rings. The van der Waals surface area contributed by atoms with Gasteiger partial charge in [0.05, 0.1) is 21.0 Å². The van der Waals surface area contributed by atoms with Gasteiger partial charge in [-0.2, -0.15) is 0 Å². The molecule has 1 aliphatic heterocycles. The molecule has 0 spiro atoms. The van der Waals surface area contributed by atoms with E-state index in [1.165, 1.54) is 17.8 Å². The Morgan fingerprint density at radius 3 is 2.19 bits per heavy atom. The van der Waals surface area contributed by atoms with Crippen molar-refractivity contribution in [2.24, 2.45) is 0 Å². The fourth-order valence-corrected chi connectivity index (χ4v) is 4.53. The number of rotatable bonds is 5. The van der Waals surface area contributed by atoms with E-state index >= 15 is 0 Å². The molecule has 6 nitrogen and oxygen atoms in total. The van der Waals surface area contributed by atoms with Crippen molar-refractivity contribution in [2.45, 2.75) is 16.6 Å². The predicted molar refractivity (Wildman–Crippen MR) is 129 cm³/mol. The van der Waals surface area contributed by atoms with Gasteiger partial charge in [-0.15, -0.1) is 11.8 Å². The lowest BCUT2D eigenvalue weighted by atomic mass is 10.3. The first-order valence-electron chi connectivity index (χ1n) is 9.62. The molecule has 1 saturated heterocycles. The van der Waals surface area contributed by atoms with Crippen LogP contribution in [0.5, 0.6) is 0 Å². The van der Waals surface area contributed by atoms with Crippen LogP contribution in [0.15, 0.2) is 77.7 Å². The van der Waals surface area contributed by atoms with Gasteiger partial charge in [-0.3, -0.25) is 9.59 Å². The van der Waals surface area contributed by atoms with Gasteiger partial charge in [0.15, 0.2) is 0 Å². The standard InChI is InChI=1S/C23H17Cl2N3O3S/c24-18-11-8-16(12-19(18)25)28-21(29)13-20(22(28)30)32-17-9-6-15(7-10-17)27-23(31)26-14-4-2-1-3-5-14/h1-12,20H,13H2,(H2,26,27,31)/t20-/m0/s1. The van der Waals surface area contributed by atoms with Crippen LogP contribution < -0.4 is 15.5 Å². The van der Waals surface area contributed by atoms with E-state index in [2.05, 4.69) is 10.6 Å². The maximum absolute atomic E-state index is 12.8. The summed E-state index contributed by atoms with van der Waals surface area (Å²) in [6, 6.07) is 20.5. The number of carbonyl (C=O) groups is 3. The van der Waals surface area contributed by atoms with Gasteiger partial charge in [0, 0.05) is 22.7 Å². The maximum atomic E-state index is 12.8. The number of amides is 4. The van der Waals surface area contributed by atoms with Crippen molar-refractivity contribution in [2.75, 3.05) is 15.5 Å². The molecule has 162 valence electrons. The average molecular weight is 486 g/mol. The van der Waals surface area contributed by atoms with Crippen LogP contribution in [0.25, 0.3) is 0 Å². The van der Waals surface area contributed by atoms with Crippen molar-refractivity contribution in [3.05, 3.63) is 82.8 Å². The van der Waals surface area contributed by atoms with Gasteiger partial charge in [0.2, 0.25) is 11.8 Å². The monoisotopic (exact) mass is 485 g/mol. The Labute approximate surface area is 198 Å². The third-order valence-corrected chi connectivity index (χ3v) is 6.62. The highest BCUT2D eigenvalue weighted by Crippen LogP contribution is 2.36. The fraction of sp³-hybridized carbons (Fsp3) is 0.0870. The highest BCUT2D eigenvalue weighted by atomic mass is 35.5. The highest BCUT2D eigenvalue weighted by molar-refractivity contribution is 8.00. The summed E-state index contributed by atoms with van der Waals surface area (Å²) in [5.41, 5.74) is 1.70. The number of halogens is 2. The molecule has 32 heavy (non-hydrogen) atoms. The zero-order valence-electron chi connectivity index (χ0n) is 16.5. The van der Waals surface area contributed by atoms with E-state index in [9.17, 15) is 14.4 Å². The lowest BCUT2D eigenvalue weighted by molar-refractivity contribution is -0.121. The number of nitrogens with zero attached hydrogens (tertiary/aromatic N) is 1. The summed E-state index contributed by atoms with van der Waals surface area (Å²) in [5, 5.41) is 5.58. The minimum Gasteiger partial charge on any atom is -0.308 e. The molecule has 0 saturated carbocycles. The quantitative estimate of drug-likeness (QED) is 0.430. The Kier molecular flexibility index (Phi) is 6.69. The highest BCUT2D eigenvalue weighted by Gasteiger charge is 2.40. The van der Waals surface area contributed by atoms with Gasteiger partial charge in [0.1, 0.15) is 0 Å². The second kappa shape index (κ2) is 9.65. The van der Waals surface area contributed by atoms with E-state index < -0.39 is 5.25 Å². The van der Waals surface area contributed by atoms with E-state index in [-0.39, 0.29) is 29.3 Å². The van der Waals surface area contributed by atoms with Crippen LogP contribution in [0.1, 0.15) is 6.42 Å². The third kappa shape index (κ3) is 5.07. The number of para-hydroxylation sites is 1. The zero-order valence-corrected chi connectivity index (χ0v) is 18.9. The van der Waals surface area contributed by atoms with Crippen LogP contribution in [0, 0.1) is 0 Å². The molecule has 0 aromatic heterocycles. The SMILES string of the molecule is O=C(Nc1ccccc1)Nc1ccc(S[C@H]2CC(=O)N(c3ccc(Cl)c(Cl)c3)C2=O)cc1. The molecule has 0 radical (unpaired) electrons. The summed E-state index contributed by atoms with van der Waals surface area (Å²) in [7, 11) is 0. The van der Waals surface area contributed by atoms with Gasteiger partial charge < -0.3 is 10.6 Å². The lowest BCUT2D eigenvalue weighted by Crippen LogP contribution is -2.31. The smallest absolute Gasteiger partial charge is 0.308 e. The number of nitrogens with one attached hydrogen (secondary N) is 2. The second-order valence-electron chi connectivity index (χ2n) is 6.95. The third-order valence-electron chi connectivity index (χ3n) is 4.69. The van der Waals surface area contributed by atoms with Crippen molar-refractivity contribution >= 4 is 69.9 Å². The normalized spacial score (nSPS) is 15.7. The minimum atomic E-state index is -0.544. The topological polar surface area (TPSA) is 78.5 Å². The molecule has 3 aromatic carbocycles. The van der Waals surface area contributed by atoms with Crippen LogP contribution in [0.3, 0.4) is 0 Å². The van der Waals surface area contributed by atoms with Gasteiger partial charge in [0.25, 0.3) is 0 Å². The lowest BCUT2D eigenvalue weighted by Gasteiger charge is -2.15. The minimum absolute atomic E-state index is 0.0865. The van der Waals surface area contributed by atoms with E-state index in [0.29, 0.717) is 22.1 Å². The van der Waals surface area contributed by atoms with Crippen molar-refractivity contribution < 1.29 is 14.4 Å². The van der Waals surface area contributed by atoms with Gasteiger partial charge in [-0.1, -0.05) is 41.4 Å². The van der Waals surface area contributed by atoms with Crippen LogP contribution in [-0.2, 0) is 9.59 Å². The molecule has 0 aliphatic carbocycles. The maximum Gasteiger partial charge on any atom is 0.323 e. The van der Waals surface area contributed by atoms with Crippen LogP contribution in [-0.4, -0.2) is 23.1 Å².